The fourth-order valence-electron chi connectivity index (χ4n) is 1.13. The summed E-state index contributed by atoms with van der Waals surface area (Å²) in [7, 11) is 1.59. The topological polar surface area (TPSA) is 35.5 Å². The van der Waals surface area contributed by atoms with Crippen LogP contribution in [0.3, 0.4) is 0 Å². The minimum absolute atomic E-state index is 0.0433. The second-order valence-corrected chi connectivity index (χ2v) is 3.17. The first kappa shape index (κ1) is 12.6. The van der Waals surface area contributed by atoms with Gasteiger partial charge in [0.15, 0.2) is 0 Å². The van der Waals surface area contributed by atoms with E-state index in [0.717, 1.165) is 5.56 Å². The monoisotopic (exact) mass is 230 g/mol. The van der Waals surface area contributed by atoms with Gasteiger partial charge in [-0.1, -0.05) is 12.1 Å². The molecule has 0 fully saturated rings. The lowest BCUT2D eigenvalue weighted by Crippen LogP contribution is -2.26. The van der Waals surface area contributed by atoms with Crippen LogP contribution in [-0.2, 0) is 16.0 Å². The molecule has 0 saturated heterocycles. The Bertz CT molecular complexity index is 336. The zero-order valence-corrected chi connectivity index (χ0v) is 8.78. The van der Waals surface area contributed by atoms with E-state index in [1.165, 1.54) is 12.1 Å². The molecule has 3 nitrogen and oxygen atoms in total. The highest BCUT2D eigenvalue weighted by molar-refractivity contribution is 5.58. The van der Waals surface area contributed by atoms with Crippen molar-refractivity contribution in [1.29, 1.82) is 0 Å². The second-order valence-electron chi connectivity index (χ2n) is 3.17. The lowest BCUT2D eigenvalue weighted by atomic mass is 10.1. The van der Waals surface area contributed by atoms with Crippen LogP contribution in [0.5, 0.6) is 5.75 Å². The highest BCUT2D eigenvalue weighted by Crippen LogP contribution is 2.20. The predicted molar refractivity (Wildman–Crippen MR) is 53.7 cm³/mol. The van der Waals surface area contributed by atoms with Crippen LogP contribution in [-0.4, -0.2) is 26.1 Å². The van der Waals surface area contributed by atoms with Crippen molar-refractivity contribution in [3.8, 4) is 5.75 Å². The van der Waals surface area contributed by atoms with Crippen molar-refractivity contribution >= 4 is 6.29 Å². The van der Waals surface area contributed by atoms with Crippen LogP contribution >= 0.6 is 0 Å². The molecule has 0 aliphatic heterocycles. The molecular formula is C11H12F2O3. The van der Waals surface area contributed by atoms with Gasteiger partial charge in [0.2, 0.25) is 6.29 Å². The molecule has 1 rings (SSSR count). The number of hydrogen-bond acceptors (Lipinski definition) is 3. The third kappa shape index (κ3) is 3.94. The Hall–Kier alpha value is -1.49. The van der Waals surface area contributed by atoms with E-state index in [0.29, 0.717) is 13.0 Å². The number of methoxy groups -OCH3 is 1. The van der Waals surface area contributed by atoms with Crippen molar-refractivity contribution in [1.82, 2.24) is 0 Å². The lowest BCUT2D eigenvalue weighted by molar-refractivity contribution is -0.176. The van der Waals surface area contributed by atoms with E-state index in [1.807, 2.05) is 0 Å². The molecular weight excluding hydrogens is 218 g/mol. The molecule has 0 saturated carbocycles. The van der Waals surface area contributed by atoms with Crippen LogP contribution in [0.1, 0.15) is 5.56 Å². The van der Waals surface area contributed by atoms with Gasteiger partial charge in [-0.25, -0.2) is 0 Å². The molecule has 0 atom stereocenters. The number of aldehydes is 1. The molecule has 0 heterocycles. The minimum Gasteiger partial charge on any atom is -0.427 e. The fourth-order valence-corrected chi connectivity index (χ4v) is 1.13. The van der Waals surface area contributed by atoms with E-state index in [1.54, 1.807) is 19.2 Å². The summed E-state index contributed by atoms with van der Waals surface area (Å²) in [5.74, 6) is -0.0433. The third-order valence-corrected chi connectivity index (χ3v) is 1.91. The van der Waals surface area contributed by atoms with Crippen molar-refractivity contribution in [2.24, 2.45) is 0 Å². The van der Waals surface area contributed by atoms with Crippen LogP contribution in [0.4, 0.5) is 8.78 Å². The fraction of sp³-hybridized carbons (Fsp3) is 0.364. The van der Waals surface area contributed by atoms with E-state index in [2.05, 4.69) is 4.74 Å². The number of halogens is 2. The van der Waals surface area contributed by atoms with Crippen molar-refractivity contribution < 1.29 is 23.0 Å². The number of carbonyl (C=O) groups is 1. The van der Waals surface area contributed by atoms with Crippen molar-refractivity contribution in [3.63, 3.8) is 0 Å². The van der Waals surface area contributed by atoms with Gasteiger partial charge >= 0.3 is 6.11 Å². The molecule has 1 aromatic rings. The summed E-state index contributed by atoms with van der Waals surface area (Å²) in [5, 5.41) is 0. The minimum atomic E-state index is -3.77. The molecule has 0 bridgehead atoms. The van der Waals surface area contributed by atoms with Gasteiger partial charge in [-0.2, -0.15) is 8.78 Å². The highest BCUT2D eigenvalue weighted by Gasteiger charge is 2.30. The van der Waals surface area contributed by atoms with Gasteiger partial charge < -0.3 is 9.47 Å². The lowest BCUT2D eigenvalue weighted by Gasteiger charge is -2.11. The Morgan fingerprint density at radius 3 is 2.44 bits per heavy atom. The largest absolute Gasteiger partial charge is 0.457 e. The third-order valence-electron chi connectivity index (χ3n) is 1.91. The standard InChI is InChI=1S/C11H12F2O3/c1-15-7-6-9-2-4-10(5-3-9)16-11(12,13)8-14/h2-5,8H,6-7H2,1H3. The molecule has 0 aliphatic rings. The summed E-state index contributed by atoms with van der Waals surface area (Å²) in [4.78, 5) is 9.95. The maximum absolute atomic E-state index is 12.5. The maximum Gasteiger partial charge on any atom is 0.457 e. The first-order chi connectivity index (χ1) is 7.57. The second kappa shape index (κ2) is 5.55. The number of hydrogen-bond donors (Lipinski definition) is 0. The van der Waals surface area contributed by atoms with Gasteiger partial charge in [-0.05, 0) is 24.1 Å². The maximum atomic E-state index is 12.5. The predicted octanol–water partition coefficient (Wildman–Crippen LogP) is 2.05. The summed E-state index contributed by atoms with van der Waals surface area (Å²) in [5.41, 5.74) is 0.948. The molecule has 0 unspecified atom stereocenters. The molecule has 0 radical (unpaired) electrons. The van der Waals surface area contributed by atoms with Gasteiger partial charge in [0.25, 0.3) is 0 Å². The molecule has 1 aromatic carbocycles. The van der Waals surface area contributed by atoms with Gasteiger partial charge in [-0.15, -0.1) is 0 Å². The number of carbonyl (C=O) groups excluding carboxylic acids is 1. The van der Waals surface area contributed by atoms with Crippen LogP contribution in [0.15, 0.2) is 24.3 Å². The Morgan fingerprint density at radius 1 is 1.31 bits per heavy atom. The van der Waals surface area contributed by atoms with Gasteiger partial charge in [0.1, 0.15) is 5.75 Å². The Morgan fingerprint density at radius 2 is 1.94 bits per heavy atom. The van der Waals surface area contributed by atoms with E-state index in [4.69, 9.17) is 4.74 Å². The molecule has 0 spiro atoms. The summed E-state index contributed by atoms with van der Waals surface area (Å²) >= 11 is 0. The zero-order valence-electron chi connectivity index (χ0n) is 8.78. The van der Waals surface area contributed by atoms with Crippen molar-refractivity contribution in [3.05, 3.63) is 29.8 Å². The molecule has 16 heavy (non-hydrogen) atoms. The van der Waals surface area contributed by atoms with Crippen LogP contribution in [0.25, 0.3) is 0 Å². The van der Waals surface area contributed by atoms with Gasteiger partial charge in [-0.3, -0.25) is 4.79 Å². The Balaban J connectivity index is 2.61. The van der Waals surface area contributed by atoms with Crippen LogP contribution < -0.4 is 4.74 Å². The van der Waals surface area contributed by atoms with Crippen LogP contribution in [0.2, 0.25) is 0 Å². The van der Waals surface area contributed by atoms with Crippen molar-refractivity contribution in [2.45, 2.75) is 12.5 Å². The van der Waals surface area contributed by atoms with E-state index in [-0.39, 0.29) is 5.75 Å². The normalized spacial score (nSPS) is 11.2. The van der Waals surface area contributed by atoms with Gasteiger partial charge in [0.05, 0.1) is 6.61 Å². The summed E-state index contributed by atoms with van der Waals surface area (Å²) in [6, 6.07) is 6.08. The van der Waals surface area contributed by atoms with Crippen LogP contribution in [0, 0.1) is 0 Å². The molecule has 0 N–H and O–H groups in total. The number of ether oxygens (including phenoxy) is 2. The summed E-state index contributed by atoms with van der Waals surface area (Å²) < 4.78 is 34.1. The smallest absolute Gasteiger partial charge is 0.427 e. The van der Waals surface area contributed by atoms with Crippen molar-refractivity contribution in [2.75, 3.05) is 13.7 Å². The summed E-state index contributed by atoms with van der Waals surface area (Å²) in [6.45, 7) is 0.560. The number of benzene rings is 1. The Kier molecular flexibility index (Phi) is 4.37. The summed E-state index contributed by atoms with van der Waals surface area (Å²) in [6.07, 6.45) is -3.61. The highest BCUT2D eigenvalue weighted by atomic mass is 19.3. The molecule has 5 heteroatoms. The quantitative estimate of drug-likeness (QED) is 0.701. The average Bonchev–Trinajstić information content (AvgIpc) is 2.28. The van der Waals surface area contributed by atoms with E-state index >= 15 is 0 Å². The zero-order chi connectivity index (χ0) is 12.0. The average molecular weight is 230 g/mol. The van der Waals surface area contributed by atoms with E-state index in [9.17, 15) is 13.6 Å². The Labute approximate surface area is 92.0 Å². The SMILES string of the molecule is COCCc1ccc(OC(F)(F)C=O)cc1. The molecule has 0 amide bonds. The van der Waals surface area contributed by atoms with Gasteiger partial charge in [0, 0.05) is 7.11 Å². The number of alkyl halides is 2. The first-order valence-electron chi connectivity index (χ1n) is 4.68. The van der Waals surface area contributed by atoms with E-state index < -0.39 is 12.4 Å². The molecule has 0 aliphatic carbocycles. The molecule has 88 valence electrons. The number of rotatable bonds is 6. The molecule has 0 aromatic heterocycles. The first-order valence-corrected chi connectivity index (χ1v) is 4.68.